The van der Waals surface area contributed by atoms with Gasteiger partial charge in [0.15, 0.2) is 0 Å². The minimum absolute atomic E-state index is 0.156. The van der Waals surface area contributed by atoms with E-state index in [1.165, 1.54) is 0 Å². The molecule has 1 amide bonds. The van der Waals surface area contributed by atoms with E-state index in [2.05, 4.69) is 21.2 Å². The van der Waals surface area contributed by atoms with Crippen molar-refractivity contribution in [3.8, 4) is 5.75 Å². The van der Waals surface area contributed by atoms with Crippen LogP contribution in [0.3, 0.4) is 0 Å². The highest BCUT2D eigenvalue weighted by Crippen LogP contribution is 2.17. The molecule has 0 aliphatic heterocycles. The lowest BCUT2D eigenvalue weighted by Gasteiger charge is -2.07. The van der Waals surface area contributed by atoms with Gasteiger partial charge >= 0.3 is 0 Å². The number of nitrogens with one attached hydrogen (secondary N) is 1. The van der Waals surface area contributed by atoms with E-state index < -0.39 is 0 Å². The Labute approximate surface area is 125 Å². The fourth-order valence-electron chi connectivity index (χ4n) is 1.83. The smallest absolute Gasteiger partial charge is 0.251 e. The molecule has 0 bridgehead atoms. The number of nitrogens with two attached hydrogens (primary N) is 1. The van der Waals surface area contributed by atoms with E-state index in [1.54, 1.807) is 30.3 Å². The van der Waals surface area contributed by atoms with Gasteiger partial charge in [-0.05, 0) is 42.3 Å². The van der Waals surface area contributed by atoms with Crippen LogP contribution in [0.2, 0.25) is 0 Å². The van der Waals surface area contributed by atoms with Crippen molar-refractivity contribution in [1.82, 2.24) is 5.32 Å². The molecule has 0 spiro atoms. The Morgan fingerprint density at radius 3 is 2.55 bits per heavy atom. The lowest BCUT2D eigenvalue weighted by molar-refractivity contribution is 0.0954. The van der Waals surface area contributed by atoms with Crippen LogP contribution in [0, 0.1) is 0 Å². The Kier molecular flexibility index (Phi) is 4.63. The van der Waals surface area contributed by atoms with Crippen LogP contribution in [-0.2, 0) is 6.42 Å². The SMILES string of the molecule is Nc1cc(Br)cc(C(=O)NCCc2ccc(O)cc2)c1. The first-order chi connectivity index (χ1) is 9.54. The Morgan fingerprint density at radius 2 is 1.90 bits per heavy atom. The van der Waals surface area contributed by atoms with Crippen molar-refractivity contribution in [3.63, 3.8) is 0 Å². The number of phenolic OH excluding ortho intramolecular Hbond substituents is 1. The summed E-state index contributed by atoms with van der Waals surface area (Å²) >= 11 is 3.31. The van der Waals surface area contributed by atoms with Gasteiger partial charge in [-0.15, -0.1) is 0 Å². The Morgan fingerprint density at radius 1 is 1.20 bits per heavy atom. The monoisotopic (exact) mass is 334 g/mol. The van der Waals surface area contributed by atoms with Crippen molar-refractivity contribution in [1.29, 1.82) is 0 Å². The average Bonchev–Trinajstić information content (AvgIpc) is 2.40. The fourth-order valence-corrected chi connectivity index (χ4v) is 2.34. The molecule has 104 valence electrons. The molecule has 2 rings (SSSR count). The zero-order valence-electron chi connectivity index (χ0n) is 10.8. The molecule has 4 nitrogen and oxygen atoms in total. The number of carbonyl (C=O) groups excluding carboxylic acids is 1. The zero-order valence-corrected chi connectivity index (χ0v) is 12.4. The molecule has 4 N–H and O–H groups in total. The van der Waals surface area contributed by atoms with Crippen molar-refractivity contribution in [2.75, 3.05) is 12.3 Å². The number of carbonyl (C=O) groups is 1. The molecule has 0 aromatic heterocycles. The standard InChI is InChI=1S/C15H15BrN2O2/c16-12-7-11(8-13(17)9-12)15(20)18-6-5-10-1-3-14(19)4-2-10/h1-4,7-9,19H,5-6,17H2,(H,18,20). The van der Waals surface area contributed by atoms with E-state index in [1.807, 2.05) is 12.1 Å². The molecule has 0 aliphatic rings. The molecule has 0 saturated carbocycles. The first-order valence-corrected chi connectivity index (χ1v) is 6.96. The van der Waals surface area contributed by atoms with Gasteiger partial charge in [0.2, 0.25) is 0 Å². The number of benzene rings is 2. The number of aromatic hydroxyl groups is 1. The second-order valence-electron chi connectivity index (χ2n) is 4.45. The second kappa shape index (κ2) is 6.43. The summed E-state index contributed by atoms with van der Waals surface area (Å²) < 4.78 is 0.779. The van der Waals surface area contributed by atoms with E-state index in [-0.39, 0.29) is 11.7 Å². The van der Waals surface area contributed by atoms with Crippen LogP contribution in [-0.4, -0.2) is 17.6 Å². The summed E-state index contributed by atoms with van der Waals surface area (Å²) in [6.45, 7) is 0.524. The summed E-state index contributed by atoms with van der Waals surface area (Å²) in [6, 6.07) is 12.0. The Hall–Kier alpha value is -2.01. The van der Waals surface area contributed by atoms with Crippen LogP contribution in [0.15, 0.2) is 46.9 Å². The summed E-state index contributed by atoms with van der Waals surface area (Å²) in [7, 11) is 0. The van der Waals surface area contributed by atoms with Crippen molar-refractivity contribution in [2.45, 2.75) is 6.42 Å². The minimum atomic E-state index is -0.156. The fraction of sp³-hybridized carbons (Fsp3) is 0.133. The second-order valence-corrected chi connectivity index (χ2v) is 5.36. The molecular formula is C15H15BrN2O2. The quantitative estimate of drug-likeness (QED) is 0.752. The van der Waals surface area contributed by atoms with Crippen LogP contribution >= 0.6 is 15.9 Å². The molecule has 2 aromatic carbocycles. The Bertz CT molecular complexity index is 592. The maximum atomic E-state index is 12.0. The number of hydrogen-bond acceptors (Lipinski definition) is 3. The van der Waals surface area contributed by atoms with Crippen molar-refractivity contribution in [3.05, 3.63) is 58.1 Å². The van der Waals surface area contributed by atoms with Gasteiger partial charge in [0.05, 0.1) is 0 Å². The molecule has 0 heterocycles. The largest absolute Gasteiger partial charge is 0.508 e. The van der Waals surface area contributed by atoms with E-state index >= 15 is 0 Å². The molecule has 0 unspecified atom stereocenters. The maximum Gasteiger partial charge on any atom is 0.251 e. The zero-order chi connectivity index (χ0) is 14.5. The molecule has 0 radical (unpaired) electrons. The molecule has 0 aliphatic carbocycles. The first kappa shape index (κ1) is 14.4. The third kappa shape index (κ3) is 3.99. The highest BCUT2D eigenvalue weighted by Gasteiger charge is 2.06. The van der Waals surface area contributed by atoms with E-state index in [9.17, 15) is 9.90 Å². The number of phenols is 1. The predicted molar refractivity (Wildman–Crippen MR) is 82.7 cm³/mol. The van der Waals surface area contributed by atoms with Crippen molar-refractivity contribution >= 4 is 27.5 Å². The van der Waals surface area contributed by atoms with E-state index in [0.717, 1.165) is 10.0 Å². The summed E-state index contributed by atoms with van der Waals surface area (Å²) in [5.74, 6) is 0.0826. The molecular weight excluding hydrogens is 320 g/mol. The highest BCUT2D eigenvalue weighted by molar-refractivity contribution is 9.10. The normalized spacial score (nSPS) is 10.2. The van der Waals surface area contributed by atoms with Gasteiger partial charge in [-0.3, -0.25) is 4.79 Å². The average molecular weight is 335 g/mol. The van der Waals surface area contributed by atoms with Gasteiger partial charge in [0, 0.05) is 22.3 Å². The van der Waals surface area contributed by atoms with Gasteiger partial charge < -0.3 is 16.2 Å². The third-order valence-electron chi connectivity index (χ3n) is 2.82. The van der Waals surface area contributed by atoms with Crippen LogP contribution < -0.4 is 11.1 Å². The number of rotatable bonds is 4. The van der Waals surface area contributed by atoms with Crippen molar-refractivity contribution < 1.29 is 9.90 Å². The topological polar surface area (TPSA) is 75.4 Å². The van der Waals surface area contributed by atoms with Crippen molar-refractivity contribution in [2.24, 2.45) is 0 Å². The highest BCUT2D eigenvalue weighted by atomic mass is 79.9. The molecule has 5 heteroatoms. The van der Waals surface area contributed by atoms with Gasteiger partial charge in [-0.25, -0.2) is 0 Å². The molecule has 0 atom stereocenters. The number of hydrogen-bond donors (Lipinski definition) is 3. The van der Waals surface area contributed by atoms with Gasteiger partial charge in [0.25, 0.3) is 5.91 Å². The summed E-state index contributed by atoms with van der Waals surface area (Å²) in [4.78, 5) is 12.0. The number of halogens is 1. The predicted octanol–water partition coefficient (Wildman–Crippen LogP) is 2.71. The van der Waals surface area contributed by atoms with Crippen LogP contribution in [0.4, 0.5) is 5.69 Å². The molecule has 2 aromatic rings. The van der Waals surface area contributed by atoms with E-state index in [4.69, 9.17) is 5.73 Å². The number of amides is 1. The van der Waals surface area contributed by atoms with Crippen LogP contribution in [0.5, 0.6) is 5.75 Å². The maximum absolute atomic E-state index is 12.0. The summed E-state index contributed by atoms with van der Waals surface area (Å²) in [5.41, 5.74) is 7.82. The van der Waals surface area contributed by atoms with Gasteiger partial charge in [-0.1, -0.05) is 28.1 Å². The summed E-state index contributed by atoms with van der Waals surface area (Å²) in [6.07, 6.45) is 0.704. The molecule has 0 saturated heterocycles. The Balaban J connectivity index is 1.90. The first-order valence-electron chi connectivity index (χ1n) is 6.17. The third-order valence-corrected chi connectivity index (χ3v) is 3.28. The van der Waals surface area contributed by atoms with E-state index in [0.29, 0.717) is 24.2 Å². The molecule has 20 heavy (non-hydrogen) atoms. The van der Waals surface area contributed by atoms with Gasteiger partial charge in [0.1, 0.15) is 5.75 Å². The summed E-state index contributed by atoms with van der Waals surface area (Å²) in [5, 5.41) is 12.0. The molecule has 0 fully saturated rings. The van der Waals surface area contributed by atoms with Crippen LogP contribution in [0.25, 0.3) is 0 Å². The minimum Gasteiger partial charge on any atom is -0.508 e. The lowest BCUT2D eigenvalue weighted by Crippen LogP contribution is -2.25. The number of anilines is 1. The number of nitrogen functional groups attached to an aromatic ring is 1. The lowest BCUT2D eigenvalue weighted by atomic mass is 10.1. The van der Waals surface area contributed by atoms with Crippen LogP contribution in [0.1, 0.15) is 15.9 Å². The van der Waals surface area contributed by atoms with Gasteiger partial charge in [-0.2, -0.15) is 0 Å².